The van der Waals surface area contributed by atoms with E-state index in [0.717, 1.165) is 39.7 Å². The first-order valence-electron chi connectivity index (χ1n) is 12.2. The number of amides is 2. The summed E-state index contributed by atoms with van der Waals surface area (Å²) in [5, 5.41) is 0. The van der Waals surface area contributed by atoms with Crippen LogP contribution in [0.1, 0.15) is 29.2 Å². The molecule has 0 aromatic heterocycles. The Labute approximate surface area is 209 Å². The van der Waals surface area contributed by atoms with E-state index >= 15 is 0 Å². The van der Waals surface area contributed by atoms with Gasteiger partial charge in [0.05, 0.1) is 22.9 Å². The summed E-state index contributed by atoms with van der Waals surface area (Å²) in [6.07, 6.45) is 0.911. The lowest BCUT2D eigenvalue weighted by molar-refractivity contribution is -0.129. The van der Waals surface area contributed by atoms with Gasteiger partial charge < -0.3 is 4.79 Å². The van der Waals surface area contributed by atoms with Crippen LogP contribution >= 0.6 is 0 Å². The van der Waals surface area contributed by atoms with E-state index in [1.54, 1.807) is 0 Å². The molecule has 0 saturated carbocycles. The van der Waals surface area contributed by atoms with E-state index in [2.05, 4.69) is 6.92 Å². The van der Waals surface area contributed by atoms with Gasteiger partial charge in [0, 0.05) is 5.41 Å². The number of hydrogen-bond acceptors (Lipinski definition) is 3. The second-order valence-corrected chi connectivity index (χ2v) is 10.2. The Morgan fingerprint density at radius 1 is 0.611 bits per heavy atom. The standard InChI is InChI=1S/C32H23NO3/c1-31-23-11-5-7-13-25(23)32(19-34,26-14-8-6-12-24(26)31)28-27(31)29(35)33(30(28)36)22-17-15-21(16-18-22)20-9-3-2-4-10-20/h2-19,27-28H,1H3/t27-,28+,31?,32?/m0/s1. The SMILES string of the molecule is CC12c3ccccc3C(C=O)(c3ccccc31)[C@H]1C(=O)N(c3ccc(-c4ccccc4)cc3)C(=O)[C@H]12. The van der Waals surface area contributed by atoms with Gasteiger partial charge in [-0.25, -0.2) is 4.90 Å². The highest BCUT2D eigenvalue weighted by Crippen LogP contribution is 2.66. The molecule has 0 unspecified atom stereocenters. The molecule has 2 bridgehead atoms. The van der Waals surface area contributed by atoms with Gasteiger partial charge >= 0.3 is 0 Å². The Kier molecular flexibility index (Phi) is 4.15. The van der Waals surface area contributed by atoms with Crippen molar-refractivity contribution in [3.05, 3.63) is 125 Å². The summed E-state index contributed by atoms with van der Waals surface area (Å²) < 4.78 is 0. The van der Waals surface area contributed by atoms with E-state index in [-0.39, 0.29) is 11.8 Å². The average molecular weight is 470 g/mol. The Morgan fingerprint density at radius 3 is 1.64 bits per heavy atom. The van der Waals surface area contributed by atoms with Crippen molar-refractivity contribution in [2.75, 3.05) is 4.90 Å². The number of aldehydes is 1. The number of carbonyl (C=O) groups is 3. The normalized spacial score (nSPS) is 27.4. The maximum atomic E-state index is 14.2. The fourth-order valence-electron chi connectivity index (χ4n) is 7.15. The molecule has 4 aromatic carbocycles. The van der Waals surface area contributed by atoms with Gasteiger partial charge in [-0.1, -0.05) is 97.9 Å². The molecule has 4 aliphatic rings. The molecule has 1 saturated heterocycles. The minimum atomic E-state index is -1.19. The number of imide groups is 1. The van der Waals surface area contributed by atoms with Crippen molar-refractivity contribution in [1.29, 1.82) is 0 Å². The predicted molar refractivity (Wildman–Crippen MR) is 138 cm³/mol. The fourth-order valence-corrected chi connectivity index (χ4v) is 7.15. The molecular weight excluding hydrogens is 446 g/mol. The maximum absolute atomic E-state index is 14.2. The summed E-state index contributed by atoms with van der Waals surface area (Å²) in [5.41, 5.74) is 4.29. The summed E-state index contributed by atoms with van der Waals surface area (Å²) in [7, 11) is 0. The Hall–Kier alpha value is -4.31. The molecule has 4 heteroatoms. The minimum absolute atomic E-state index is 0.241. The van der Waals surface area contributed by atoms with Crippen molar-refractivity contribution in [3.63, 3.8) is 0 Å². The first-order chi connectivity index (χ1) is 17.5. The lowest BCUT2D eigenvalue weighted by Crippen LogP contribution is -2.61. The van der Waals surface area contributed by atoms with Crippen LogP contribution in [0.25, 0.3) is 11.1 Å². The quantitative estimate of drug-likeness (QED) is 0.303. The highest BCUT2D eigenvalue weighted by molar-refractivity contribution is 6.25. The molecule has 4 aromatic rings. The van der Waals surface area contributed by atoms with Gasteiger partial charge in [-0.05, 0) is 45.5 Å². The van der Waals surface area contributed by atoms with Crippen LogP contribution in [-0.4, -0.2) is 18.1 Å². The second-order valence-electron chi connectivity index (χ2n) is 10.2. The van der Waals surface area contributed by atoms with Crippen LogP contribution in [0.15, 0.2) is 103 Å². The van der Waals surface area contributed by atoms with Crippen LogP contribution in [-0.2, 0) is 25.2 Å². The van der Waals surface area contributed by atoms with Crippen molar-refractivity contribution >= 4 is 23.8 Å². The number of rotatable bonds is 3. The first-order valence-corrected chi connectivity index (χ1v) is 12.2. The number of nitrogens with zero attached hydrogens (tertiary/aromatic N) is 1. The van der Waals surface area contributed by atoms with Gasteiger partial charge in [0.25, 0.3) is 0 Å². The lowest BCUT2D eigenvalue weighted by atomic mass is 9.42. The van der Waals surface area contributed by atoms with Crippen LogP contribution in [0.4, 0.5) is 5.69 Å². The van der Waals surface area contributed by atoms with Crippen molar-refractivity contribution in [3.8, 4) is 11.1 Å². The van der Waals surface area contributed by atoms with Gasteiger partial charge in [0.1, 0.15) is 6.29 Å². The van der Waals surface area contributed by atoms with Gasteiger partial charge in [0.15, 0.2) is 0 Å². The number of benzene rings is 4. The highest BCUT2D eigenvalue weighted by atomic mass is 16.2. The zero-order chi connectivity index (χ0) is 24.7. The third-order valence-corrected chi connectivity index (χ3v) is 8.70. The topological polar surface area (TPSA) is 54.5 Å². The number of carbonyl (C=O) groups excluding carboxylic acids is 3. The average Bonchev–Trinajstić information content (AvgIpc) is 3.21. The summed E-state index contributed by atoms with van der Waals surface area (Å²) in [4.78, 5) is 42.8. The minimum Gasteiger partial charge on any atom is -0.302 e. The molecule has 1 heterocycles. The monoisotopic (exact) mass is 469 g/mol. The van der Waals surface area contributed by atoms with Crippen LogP contribution < -0.4 is 4.90 Å². The van der Waals surface area contributed by atoms with Crippen molar-refractivity contribution in [1.82, 2.24) is 0 Å². The molecule has 2 atom stereocenters. The Balaban J connectivity index is 1.42. The highest BCUT2D eigenvalue weighted by Gasteiger charge is 2.72. The van der Waals surface area contributed by atoms with Gasteiger partial charge in [-0.3, -0.25) is 9.59 Å². The summed E-state index contributed by atoms with van der Waals surface area (Å²) in [6, 6.07) is 33.1. The molecule has 1 fully saturated rings. The molecule has 1 aliphatic heterocycles. The molecular formula is C32H23NO3. The van der Waals surface area contributed by atoms with E-state index in [1.165, 1.54) is 4.90 Å². The molecule has 3 aliphatic carbocycles. The molecule has 0 N–H and O–H groups in total. The van der Waals surface area contributed by atoms with E-state index < -0.39 is 22.7 Å². The first kappa shape index (κ1) is 21.0. The third kappa shape index (κ3) is 2.32. The van der Waals surface area contributed by atoms with Gasteiger partial charge in [-0.15, -0.1) is 0 Å². The summed E-state index contributed by atoms with van der Waals surface area (Å²) in [6.45, 7) is 2.06. The van der Waals surface area contributed by atoms with Crippen LogP contribution in [0.5, 0.6) is 0 Å². The van der Waals surface area contributed by atoms with Gasteiger partial charge in [0.2, 0.25) is 11.8 Å². The van der Waals surface area contributed by atoms with E-state index in [9.17, 15) is 14.4 Å². The molecule has 4 nitrogen and oxygen atoms in total. The Morgan fingerprint density at radius 2 is 1.08 bits per heavy atom. The molecule has 2 amide bonds. The van der Waals surface area contributed by atoms with Crippen LogP contribution in [0, 0.1) is 11.8 Å². The zero-order valence-electron chi connectivity index (χ0n) is 19.7. The van der Waals surface area contributed by atoms with Crippen molar-refractivity contribution in [2.45, 2.75) is 17.8 Å². The number of anilines is 1. The van der Waals surface area contributed by atoms with Crippen LogP contribution in [0.3, 0.4) is 0 Å². The maximum Gasteiger partial charge on any atom is 0.239 e. The largest absolute Gasteiger partial charge is 0.302 e. The van der Waals surface area contributed by atoms with E-state index in [0.29, 0.717) is 5.69 Å². The third-order valence-electron chi connectivity index (χ3n) is 8.70. The second kappa shape index (κ2) is 7.11. The zero-order valence-corrected chi connectivity index (χ0v) is 19.7. The Bertz CT molecular complexity index is 1520. The van der Waals surface area contributed by atoms with Gasteiger partial charge in [-0.2, -0.15) is 0 Å². The smallest absolute Gasteiger partial charge is 0.239 e. The molecule has 8 rings (SSSR count). The van der Waals surface area contributed by atoms with Crippen molar-refractivity contribution in [2.24, 2.45) is 11.8 Å². The summed E-state index contributed by atoms with van der Waals surface area (Å²) in [5.74, 6) is -1.99. The van der Waals surface area contributed by atoms with E-state index in [4.69, 9.17) is 0 Å². The van der Waals surface area contributed by atoms with Crippen LogP contribution in [0.2, 0.25) is 0 Å². The molecule has 36 heavy (non-hydrogen) atoms. The van der Waals surface area contributed by atoms with E-state index in [1.807, 2.05) is 103 Å². The lowest BCUT2D eigenvalue weighted by Gasteiger charge is -2.56. The van der Waals surface area contributed by atoms with Crippen molar-refractivity contribution < 1.29 is 14.4 Å². The fraction of sp³-hybridized carbons (Fsp3) is 0.156. The summed E-state index contributed by atoms with van der Waals surface area (Å²) >= 11 is 0. The molecule has 174 valence electrons. The predicted octanol–water partition coefficient (Wildman–Crippen LogP) is 5.28. The molecule has 0 spiro atoms. The number of hydrogen-bond donors (Lipinski definition) is 0. The molecule has 0 radical (unpaired) electrons.